The lowest BCUT2D eigenvalue weighted by atomic mass is 10.0. The van der Waals surface area contributed by atoms with Gasteiger partial charge in [-0.25, -0.2) is 9.89 Å². The van der Waals surface area contributed by atoms with Gasteiger partial charge in [0.1, 0.15) is 6.61 Å². The number of hydrogen-bond acceptors (Lipinski definition) is 3. The number of aromatic carboxylic acids is 1. The summed E-state index contributed by atoms with van der Waals surface area (Å²) in [6, 6.07) is 19.5. The van der Waals surface area contributed by atoms with E-state index >= 15 is 0 Å². The summed E-state index contributed by atoms with van der Waals surface area (Å²) in [6.07, 6.45) is 0. The van der Waals surface area contributed by atoms with Crippen molar-refractivity contribution in [3.63, 3.8) is 0 Å². The number of carboxylic acids is 1. The van der Waals surface area contributed by atoms with Gasteiger partial charge in [-0.15, -0.1) is 0 Å². The Balaban J connectivity index is 1.65. The lowest BCUT2D eigenvalue weighted by molar-refractivity contribution is 0.0690. The van der Waals surface area contributed by atoms with Gasteiger partial charge in [-0.3, -0.25) is 0 Å². The number of H-pyrrole nitrogens is 1. The Labute approximate surface area is 127 Å². The molecule has 0 amide bonds. The number of ether oxygens (including phenoxy) is 1. The number of nitrogens with zero attached hydrogens (tertiary/aromatic N) is 1. The van der Waals surface area contributed by atoms with Gasteiger partial charge < -0.3 is 9.84 Å². The highest BCUT2D eigenvalue weighted by Crippen LogP contribution is 2.20. The minimum Gasteiger partial charge on any atom is -0.476 e. The molecule has 0 unspecified atom stereocenters. The minimum atomic E-state index is -1.08. The zero-order valence-corrected chi connectivity index (χ0v) is 11.7. The van der Waals surface area contributed by atoms with E-state index in [1.807, 2.05) is 42.5 Å². The van der Waals surface area contributed by atoms with E-state index in [0.29, 0.717) is 12.5 Å². The van der Waals surface area contributed by atoms with Crippen LogP contribution in [0, 0.1) is 0 Å². The molecular formula is C17H14N2O3. The summed E-state index contributed by atoms with van der Waals surface area (Å²) >= 11 is 0. The van der Waals surface area contributed by atoms with E-state index in [0.717, 1.165) is 16.7 Å². The average molecular weight is 294 g/mol. The average Bonchev–Trinajstić information content (AvgIpc) is 3.04. The fourth-order valence-corrected chi connectivity index (χ4v) is 2.07. The SMILES string of the molecule is O=C(O)c1cc(OCc2ccc(-c3ccccc3)cc2)[nH]n1. The van der Waals surface area contributed by atoms with Crippen LogP contribution in [-0.2, 0) is 6.61 Å². The van der Waals surface area contributed by atoms with Gasteiger partial charge in [-0.2, -0.15) is 5.10 Å². The van der Waals surface area contributed by atoms with Crippen molar-refractivity contribution < 1.29 is 14.6 Å². The predicted octanol–water partition coefficient (Wildman–Crippen LogP) is 3.35. The van der Waals surface area contributed by atoms with Crippen LogP contribution in [0.25, 0.3) is 11.1 Å². The molecule has 0 radical (unpaired) electrons. The van der Waals surface area contributed by atoms with Gasteiger partial charge in [0.15, 0.2) is 5.69 Å². The number of benzene rings is 2. The smallest absolute Gasteiger partial charge is 0.356 e. The van der Waals surface area contributed by atoms with E-state index in [1.54, 1.807) is 0 Å². The largest absolute Gasteiger partial charge is 0.476 e. The lowest BCUT2D eigenvalue weighted by Crippen LogP contribution is -1.96. The molecule has 0 fully saturated rings. The molecule has 22 heavy (non-hydrogen) atoms. The van der Waals surface area contributed by atoms with E-state index in [4.69, 9.17) is 9.84 Å². The van der Waals surface area contributed by atoms with Crippen LogP contribution in [0.2, 0.25) is 0 Å². The van der Waals surface area contributed by atoms with Crippen molar-refractivity contribution in [3.8, 4) is 17.0 Å². The second-order valence-corrected chi connectivity index (χ2v) is 4.77. The van der Waals surface area contributed by atoms with Crippen molar-refractivity contribution in [2.45, 2.75) is 6.61 Å². The standard InChI is InChI=1S/C17H14N2O3/c20-17(21)15-10-16(19-18-15)22-11-12-6-8-14(9-7-12)13-4-2-1-3-5-13/h1-10H,11H2,(H,18,19)(H,20,21). The third-order valence-electron chi connectivity index (χ3n) is 3.23. The molecule has 0 bridgehead atoms. The maximum atomic E-state index is 10.7. The number of rotatable bonds is 5. The summed E-state index contributed by atoms with van der Waals surface area (Å²) in [7, 11) is 0. The molecule has 0 atom stereocenters. The molecule has 0 aliphatic carbocycles. The summed E-state index contributed by atoms with van der Waals surface area (Å²) in [6.45, 7) is 0.344. The van der Waals surface area contributed by atoms with E-state index in [1.165, 1.54) is 6.07 Å². The third-order valence-corrected chi connectivity index (χ3v) is 3.23. The number of carboxylic acid groups (broad SMARTS) is 1. The molecule has 1 aromatic heterocycles. The Hall–Kier alpha value is -3.08. The fraction of sp³-hybridized carbons (Fsp3) is 0.0588. The van der Waals surface area contributed by atoms with Crippen LogP contribution in [0.5, 0.6) is 5.88 Å². The summed E-state index contributed by atoms with van der Waals surface area (Å²) in [4.78, 5) is 10.7. The van der Waals surface area contributed by atoms with Gasteiger partial charge >= 0.3 is 5.97 Å². The highest BCUT2D eigenvalue weighted by atomic mass is 16.5. The molecule has 0 saturated carbocycles. The van der Waals surface area contributed by atoms with Crippen molar-refractivity contribution in [3.05, 3.63) is 71.9 Å². The summed E-state index contributed by atoms with van der Waals surface area (Å²) < 4.78 is 5.49. The fourth-order valence-electron chi connectivity index (χ4n) is 2.07. The first-order valence-electron chi connectivity index (χ1n) is 6.78. The Morgan fingerprint density at radius 2 is 1.73 bits per heavy atom. The second kappa shape index (κ2) is 6.13. The molecule has 0 saturated heterocycles. The number of carbonyl (C=O) groups is 1. The Kier molecular flexibility index (Phi) is 3.87. The van der Waals surface area contributed by atoms with Crippen LogP contribution < -0.4 is 4.74 Å². The molecule has 3 rings (SSSR count). The third kappa shape index (κ3) is 3.15. The quantitative estimate of drug-likeness (QED) is 0.756. The zero-order chi connectivity index (χ0) is 15.4. The van der Waals surface area contributed by atoms with Crippen LogP contribution in [0.4, 0.5) is 0 Å². The Morgan fingerprint density at radius 1 is 1.05 bits per heavy atom. The zero-order valence-electron chi connectivity index (χ0n) is 11.7. The number of aromatic amines is 1. The molecule has 0 spiro atoms. The molecule has 5 nitrogen and oxygen atoms in total. The van der Waals surface area contributed by atoms with E-state index < -0.39 is 5.97 Å². The molecule has 2 N–H and O–H groups in total. The van der Waals surface area contributed by atoms with Gasteiger partial charge in [0.2, 0.25) is 5.88 Å². The van der Waals surface area contributed by atoms with E-state index in [2.05, 4.69) is 22.3 Å². The molecule has 1 heterocycles. The van der Waals surface area contributed by atoms with Gasteiger partial charge in [0, 0.05) is 6.07 Å². The van der Waals surface area contributed by atoms with E-state index in [-0.39, 0.29) is 5.69 Å². The van der Waals surface area contributed by atoms with Gasteiger partial charge in [-0.05, 0) is 16.7 Å². The summed E-state index contributed by atoms with van der Waals surface area (Å²) in [5.41, 5.74) is 3.23. The first kappa shape index (κ1) is 13.9. The second-order valence-electron chi connectivity index (χ2n) is 4.77. The van der Waals surface area contributed by atoms with Gasteiger partial charge in [0.25, 0.3) is 0 Å². The van der Waals surface area contributed by atoms with Crippen molar-refractivity contribution >= 4 is 5.97 Å². The lowest BCUT2D eigenvalue weighted by Gasteiger charge is -2.05. The van der Waals surface area contributed by atoms with Gasteiger partial charge in [0.05, 0.1) is 0 Å². The normalized spacial score (nSPS) is 10.4. The Morgan fingerprint density at radius 3 is 2.36 bits per heavy atom. The van der Waals surface area contributed by atoms with Gasteiger partial charge in [-0.1, -0.05) is 54.6 Å². The van der Waals surface area contributed by atoms with Crippen LogP contribution in [-0.4, -0.2) is 21.3 Å². The monoisotopic (exact) mass is 294 g/mol. The summed E-state index contributed by atoms with van der Waals surface area (Å²) in [5.74, 6) is -0.747. The maximum Gasteiger partial charge on any atom is 0.356 e. The summed E-state index contributed by atoms with van der Waals surface area (Å²) in [5, 5.41) is 15.0. The first-order valence-corrected chi connectivity index (χ1v) is 6.78. The van der Waals surface area contributed by atoms with Crippen LogP contribution in [0.1, 0.15) is 16.1 Å². The topological polar surface area (TPSA) is 75.2 Å². The predicted molar refractivity (Wildman–Crippen MR) is 81.8 cm³/mol. The first-order chi connectivity index (χ1) is 10.7. The molecule has 110 valence electrons. The molecule has 0 aliphatic heterocycles. The molecule has 0 aliphatic rings. The van der Waals surface area contributed by atoms with Crippen LogP contribution >= 0.6 is 0 Å². The van der Waals surface area contributed by atoms with Crippen LogP contribution in [0.15, 0.2) is 60.7 Å². The van der Waals surface area contributed by atoms with Crippen LogP contribution in [0.3, 0.4) is 0 Å². The van der Waals surface area contributed by atoms with Crippen molar-refractivity contribution in [2.75, 3.05) is 0 Å². The molecule has 5 heteroatoms. The highest BCUT2D eigenvalue weighted by Gasteiger charge is 2.08. The molecule has 2 aromatic carbocycles. The van der Waals surface area contributed by atoms with Crippen molar-refractivity contribution in [1.29, 1.82) is 0 Å². The molecular weight excluding hydrogens is 280 g/mol. The molecule has 3 aromatic rings. The number of nitrogens with one attached hydrogen (secondary N) is 1. The minimum absolute atomic E-state index is 0.0607. The van der Waals surface area contributed by atoms with Crippen molar-refractivity contribution in [1.82, 2.24) is 10.2 Å². The Bertz CT molecular complexity index is 764. The van der Waals surface area contributed by atoms with Crippen molar-refractivity contribution in [2.24, 2.45) is 0 Å². The van der Waals surface area contributed by atoms with E-state index in [9.17, 15) is 4.79 Å². The number of hydrogen-bond donors (Lipinski definition) is 2. The number of aromatic nitrogens is 2. The maximum absolute atomic E-state index is 10.7. The highest BCUT2D eigenvalue weighted by molar-refractivity contribution is 5.85.